The van der Waals surface area contributed by atoms with Crippen molar-refractivity contribution >= 4 is 32.9 Å². The van der Waals surface area contributed by atoms with Crippen molar-refractivity contribution in [2.45, 2.75) is 18.2 Å². The van der Waals surface area contributed by atoms with Gasteiger partial charge in [-0.3, -0.25) is 5.43 Å². The summed E-state index contributed by atoms with van der Waals surface area (Å²) in [6.07, 6.45) is 1.31. The lowest BCUT2D eigenvalue weighted by molar-refractivity contribution is 0.544. The molecular formula is C11H15N3O2S2. The van der Waals surface area contributed by atoms with Gasteiger partial charge in [0.05, 0.1) is 5.75 Å². The molecule has 7 heteroatoms. The lowest BCUT2D eigenvalue weighted by atomic mass is 10.3. The van der Waals surface area contributed by atoms with Crippen molar-refractivity contribution < 1.29 is 8.42 Å². The minimum atomic E-state index is -3.02. The molecule has 3 N–H and O–H groups in total. The van der Waals surface area contributed by atoms with E-state index >= 15 is 0 Å². The molecule has 1 heterocycles. The lowest BCUT2D eigenvalue weighted by Crippen LogP contribution is -2.47. The molecular weight excluding hydrogens is 270 g/mol. The summed E-state index contributed by atoms with van der Waals surface area (Å²) < 4.78 is 23.1. The van der Waals surface area contributed by atoms with Gasteiger partial charge in [0.25, 0.3) is 0 Å². The Kier molecular flexibility index (Phi) is 4.15. The molecule has 1 atom stereocenters. The van der Waals surface area contributed by atoms with Gasteiger partial charge in [0.2, 0.25) is 0 Å². The van der Waals surface area contributed by atoms with E-state index in [1.807, 2.05) is 30.3 Å². The summed E-state index contributed by atoms with van der Waals surface area (Å²) in [4.78, 5) is 0. The average Bonchev–Trinajstić information content (AvgIpc) is 2.67. The van der Waals surface area contributed by atoms with E-state index in [1.165, 1.54) is 0 Å². The van der Waals surface area contributed by atoms with Gasteiger partial charge >= 0.3 is 0 Å². The Bertz CT molecular complexity index is 516. The number of anilines is 1. The number of thiocarbonyl (C=S) groups is 1. The van der Waals surface area contributed by atoms with Crippen LogP contribution in [0.2, 0.25) is 0 Å². The van der Waals surface area contributed by atoms with E-state index in [-0.39, 0.29) is 5.75 Å². The molecule has 0 amide bonds. The highest BCUT2D eigenvalue weighted by molar-refractivity contribution is 7.92. The largest absolute Gasteiger partial charge is 0.332 e. The van der Waals surface area contributed by atoms with Crippen molar-refractivity contribution in [3.8, 4) is 0 Å². The third-order valence-corrected chi connectivity index (χ3v) is 4.99. The molecule has 1 aromatic rings. The standard InChI is InChI=1S/C11H15N3O2S2/c15-18(16)8-4-7-10(18)13-14-11(17)12-9-5-2-1-3-6-9/h1-3,5-6,10,13H,4,7-8H2,(H2,12,14,17). The van der Waals surface area contributed by atoms with Crippen molar-refractivity contribution in [3.63, 3.8) is 0 Å². The maximum Gasteiger partial charge on any atom is 0.185 e. The Morgan fingerprint density at radius 2 is 2.00 bits per heavy atom. The molecule has 98 valence electrons. The zero-order valence-corrected chi connectivity index (χ0v) is 11.4. The fraction of sp³-hybridized carbons (Fsp3) is 0.364. The number of hydrazine groups is 1. The molecule has 1 fully saturated rings. The quantitative estimate of drug-likeness (QED) is 0.569. The average molecular weight is 285 g/mol. The highest BCUT2D eigenvalue weighted by Crippen LogP contribution is 2.16. The van der Waals surface area contributed by atoms with Crippen LogP contribution in [0.1, 0.15) is 12.8 Å². The summed E-state index contributed by atoms with van der Waals surface area (Å²) in [7, 11) is -3.02. The molecule has 1 aliphatic rings. The second kappa shape index (κ2) is 5.64. The number of rotatable bonds is 3. The van der Waals surface area contributed by atoms with Crippen LogP contribution in [0.5, 0.6) is 0 Å². The Morgan fingerprint density at radius 1 is 1.28 bits per heavy atom. The lowest BCUT2D eigenvalue weighted by Gasteiger charge is -2.15. The zero-order valence-electron chi connectivity index (χ0n) is 9.72. The van der Waals surface area contributed by atoms with E-state index in [1.54, 1.807) is 0 Å². The third kappa shape index (κ3) is 3.41. The summed E-state index contributed by atoms with van der Waals surface area (Å²) in [6.45, 7) is 0. The van der Waals surface area contributed by atoms with Crippen LogP contribution in [0.15, 0.2) is 30.3 Å². The van der Waals surface area contributed by atoms with Crippen LogP contribution in [0.3, 0.4) is 0 Å². The molecule has 0 bridgehead atoms. The highest BCUT2D eigenvalue weighted by Gasteiger charge is 2.30. The summed E-state index contributed by atoms with van der Waals surface area (Å²) in [5, 5.41) is 2.76. The fourth-order valence-electron chi connectivity index (χ4n) is 1.78. The normalized spacial score (nSPS) is 21.4. The van der Waals surface area contributed by atoms with E-state index in [4.69, 9.17) is 12.2 Å². The maximum absolute atomic E-state index is 11.6. The molecule has 1 unspecified atom stereocenters. The van der Waals surface area contributed by atoms with Gasteiger partial charge in [-0.1, -0.05) is 18.2 Å². The van der Waals surface area contributed by atoms with E-state index < -0.39 is 15.2 Å². The van der Waals surface area contributed by atoms with E-state index in [9.17, 15) is 8.42 Å². The first kappa shape index (κ1) is 13.3. The molecule has 0 spiro atoms. The Morgan fingerprint density at radius 3 is 2.61 bits per heavy atom. The molecule has 1 saturated heterocycles. The third-order valence-electron chi connectivity index (χ3n) is 2.71. The molecule has 5 nitrogen and oxygen atoms in total. The molecule has 0 aromatic heterocycles. The van der Waals surface area contributed by atoms with Crippen LogP contribution >= 0.6 is 12.2 Å². The summed E-state index contributed by atoms with van der Waals surface area (Å²) in [5.74, 6) is 0.241. The molecule has 0 radical (unpaired) electrons. The van der Waals surface area contributed by atoms with Gasteiger partial charge in [0.1, 0.15) is 5.37 Å². The number of nitrogens with one attached hydrogen (secondary N) is 3. The summed E-state index contributed by atoms with van der Waals surface area (Å²) in [5.41, 5.74) is 6.32. The second-order valence-electron chi connectivity index (χ2n) is 4.09. The van der Waals surface area contributed by atoms with Crippen LogP contribution in [-0.2, 0) is 9.84 Å². The van der Waals surface area contributed by atoms with Crippen molar-refractivity contribution in [1.82, 2.24) is 10.9 Å². The monoisotopic (exact) mass is 285 g/mol. The van der Waals surface area contributed by atoms with Crippen LogP contribution in [0.4, 0.5) is 5.69 Å². The molecule has 0 aliphatic carbocycles. The topological polar surface area (TPSA) is 70.2 Å². The van der Waals surface area contributed by atoms with E-state index in [0.717, 1.165) is 5.69 Å². The van der Waals surface area contributed by atoms with Crippen LogP contribution in [0.25, 0.3) is 0 Å². The van der Waals surface area contributed by atoms with Crippen LogP contribution < -0.4 is 16.2 Å². The van der Waals surface area contributed by atoms with Gasteiger partial charge in [0, 0.05) is 5.69 Å². The molecule has 2 rings (SSSR count). The SMILES string of the molecule is O=S1(=O)CCCC1NNC(=S)Nc1ccccc1. The van der Waals surface area contributed by atoms with Gasteiger partial charge in [-0.15, -0.1) is 0 Å². The minimum Gasteiger partial charge on any atom is -0.332 e. The smallest absolute Gasteiger partial charge is 0.185 e. The Labute approximate surface area is 112 Å². The predicted octanol–water partition coefficient (Wildman–Crippen LogP) is 1.01. The number of para-hydroxylation sites is 1. The predicted molar refractivity (Wildman–Crippen MR) is 75.7 cm³/mol. The van der Waals surface area contributed by atoms with Crippen molar-refractivity contribution in [2.24, 2.45) is 0 Å². The maximum atomic E-state index is 11.6. The van der Waals surface area contributed by atoms with Gasteiger partial charge < -0.3 is 5.32 Å². The first-order chi connectivity index (χ1) is 8.58. The fourth-order valence-corrected chi connectivity index (χ4v) is 3.58. The van der Waals surface area contributed by atoms with Crippen molar-refractivity contribution in [1.29, 1.82) is 0 Å². The Balaban J connectivity index is 1.82. The number of sulfone groups is 1. The summed E-state index contributed by atoms with van der Waals surface area (Å²) >= 11 is 5.07. The van der Waals surface area contributed by atoms with Crippen LogP contribution in [0, 0.1) is 0 Å². The zero-order chi connectivity index (χ0) is 13.0. The first-order valence-electron chi connectivity index (χ1n) is 5.67. The molecule has 1 aromatic carbocycles. The van der Waals surface area contributed by atoms with Crippen LogP contribution in [-0.4, -0.2) is 24.7 Å². The second-order valence-corrected chi connectivity index (χ2v) is 6.80. The van der Waals surface area contributed by atoms with E-state index in [2.05, 4.69) is 16.2 Å². The highest BCUT2D eigenvalue weighted by atomic mass is 32.2. The molecule has 1 aliphatic heterocycles. The number of hydrogen-bond donors (Lipinski definition) is 3. The van der Waals surface area contributed by atoms with Crippen molar-refractivity contribution in [2.75, 3.05) is 11.1 Å². The van der Waals surface area contributed by atoms with Gasteiger partial charge in [0.15, 0.2) is 14.9 Å². The molecule has 18 heavy (non-hydrogen) atoms. The summed E-state index contributed by atoms with van der Waals surface area (Å²) in [6, 6.07) is 9.44. The van der Waals surface area contributed by atoms with Gasteiger partial charge in [-0.25, -0.2) is 13.8 Å². The van der Waals surface area contributed by atoms with E-state index in [0.29, 0.717) is 18.0 Å². The van der Waals surface area contributed by atoms with Gasteiger partial charge in [-0.2, -0.15) is 0 Å². The molecule has 0 saturated carbocycles. The number of hydrogen-bond acceptors (Lipinski definition) is 4. The Hall–Kier alpha value is -1.18. The minimum absolute atomic E-state index is 0.241. The number of benzene rings is 1. The van der Waals surface area contributed by atoms with Crippen molar-refractivity contribution in [3.05, 3.63) is 30.3 Å². The first-order valence-corrected chi connectivity index (χ1v) is 7.79. The van der Waals surface area contributed by atoms with Gasteiger partial charge in [-0.05, 0) is 37.2 Å².